The number of Topliss-reactive ketones (excluding diaryl/α,β-unsaturated/α-hetero) is 2. The van der Waals surface area contributed by atoms with E-state index in [2.05, 4.69) is 4.98 Å². The van der Waals surface area contributed by atoms with E-state index < -0.39 is 5.97 Å². The number of rotatable bonds is 6. The Labute approximate surface area is 141 Å². The molecule has 0 fully saturated rings. The van der Waals surface area contributed by atoms with E-state index >= 15 is 0 Å². The van der Waals surface area contributed by atoms with E-state index in [1.165, 1.54) is 6.92 Å². The normalized spacial score (nSPS) is 10.5. The van der Waals surface area contributed by atoms with E-state index in [9.17, 15) is 14.4 Å². The van der Waals surface area contributed by atoms with Gasteiger partial charge in [0.05, 0.1) is 11.3 Å². The van der Waals surface area contributed by atoms with Gasteiger partial charge in [-0.05, 0) is 50.5 Å². The molecule has 24 heavy (non-hydrogen) atoms. The van der Waals surface area contributed by atoms with Gasteiger partial charge in [0.2, 0.25) is 5.78 Å². The Morgan fingerprint density at radius 1 is 1.08 bits per heavy atom. The molecular weight excluding hydrogens is 306 g/mol. The molecule has 0 aliphatic heterocycles. The molecule has 0 bridgehead atoms. The number of benzene rings is 1. The molecule has 0 unspecified atom stereocenters. The van der Waals surface area contributed by atoms with Gasteiger partial charge < -0.3 is 9.72 Å². The van der Waals surface area contributed by atoms with E-state index in [-0.39, 0.29) is 18.2 Å². The van der Waals surface area contributed by atoms with Crippen molar-refractivity contribution in [2.24, 2.45) is 0 Å². The second-order valence-electron chi connectivity index (χ2n) is 5.73. The van der Waals surface area contributed by atoms with E-state index in [0.717, 1.165) is 12.0 Å². The van der Waals surface area contributed by atoms with Crippen LogP contribution in [0.3, 0.4) is 0 Å². The first-order valence-corrected chi connectivity index (χ1v) is 7.84. The number of nitrogens with one attached hydrogen (secondary N) is 1. The minimum Gasteiger partial charge on any atom is -0.454 e. The van der Waals surface area contributed by atoms with Gasteiger partial charge in [0, 0.05) is 11.3 Å². The summed E-state index contributed by atoms with van der Waals surface area (Å²) in [4.78, 5) is 38.8. The maximum Gasteiger partial charge on any atom is 0.338 e. The summed E-state index contributed by atoms with van der Waals surface area (Å²) in [6.45, 7) is 6.56. The van der Waals surface area contributed by atoms with Gasteiger partial charge in [-0.2, -0.15) is 0 Å². The van der Waals surface area contributed by atoms with Crippen LogP contribution in [-0.2, 0) is 11.2 Å². The van der Waals surface area contributed by atoms with Crippen LogP contribution in [-0.4, -0.2) is 29.1 Å². The highest BCUT2D eigenvalue weighted by molar-refractivity contribution is 6.04. The predicted molar refractivity (Wildman–Crippen MR) is 90.7 cm³/mol. The number of carbonyl (C=O) groups is 3. The third kappa shape index (κ3) is 3.62. The third-order valence-electron chi connectivity index (χ3n) is 4.00. The van der Waals surface area contributed by atoms with Crippen molar-refractivity contribution < 1.29 is 19.1 Å². The van der Waals surface area contributed by atoms with Gasteiger partial charge in [0.15, 0.2) is 12.4 Å². The van der Waals surface area contributed by atoms with E-state index in [1.54, 1.807) is 26.0 Å². The van der Waals surface area contributed by atoms with Crippen LogP contribution in [0.15, 0.2) is 24.3 Å². The fourth-order valence-electron chi connectivity index (χ4n) is 2.72. The number of carbonyl (C=O) groups excluding carboxylic acids is 3. The van der Waals surface area contributed by atoms with Crippen LogP contribution in [0.4, 0.5) is 0 Å². The highest BCUT2D eigenvalue weighted by atomic mass is 16.5. The van der Waals surface area contributed by atoms with Gasteiger partial charge in [-0.3, -0.25) is 9.59 Å². The Morgan fingerprint density at radius 3 is 2.21 bits per heavy atom. The number of esters is 1. The second kappa shape index (κ2) is 7.25. The van der Waals surface area contributed by atoms with Gasteiger partial charge in [-0.25, -0.2) is 4.79 Å². The van der Waals surface area contributed by atoms with Crippen molar-refractivity contribution in [2.75, 3.05) is 6.61 Å². The molecule has 0 radical (unpaired) electrons. The average Bonchev–Trinajstić information content (AvgIpc) is 2.87. The molecular formula is C19H21NO4. The second-order valence-corrected chi connectivity index (χ2v) is 5.73. The largest absolute Gasteiger partial charge is 0.454 e. The number of hydrogen-bond acceptors (Lipinski definition) is 4. The highest BCUT2D eigenvalue weighted by Gasteiger charge is 2.21. The summed E-state index contributed by atoms with van der Waals surface area (Å²) >= 11 is 0. The molecule has 5 nitrogen and oxygen atoms in total. The number of aryl methyl sites for hydroxylation is 2. The lowest BCUT2D eigenvalue weighted by Gasteiger charge is -2.05. The van der Waals surface area contributed by atoms with E-state index in [0.29, 0.717) is 28.1 Å². The van der Waals surface area contributed by atoms with Crippen LogP contribution < -0.4 is 0 Å². The zero-order chi connectivity index (χ0) is 17.9. The number of aromatic nitrogens is 1. The van der Waals surface area contributed by atoms with Crippen LogP contribution in [0.5, 0.6) is 0 Å². The summed E-state index contributed by atoms with van der Waals surface area (Å²) in [5.74, 6) is -1.01. The molecule has 1 aromatic carbocycles. The Balaban J connectivity index is 2.06. The molecule has 0 aliphatic carbocycles. The quantitative estimate of drug-likeness (QED) is 0.651. The van der Waals surface area contributed by atoms with Gasteiger partial charge in [0.25, 0.3) is 0 Å². The monoisotopic (exact) mass is 327 g/mol. The molecule has 0 amide bonds. The first-order valence-electron chi connectivity index (χ1n) is 7.84. The van der Waals surface area contributed by atoms with Crippen LogP contribution in [0.1, 0.15) is 61.9 Å². The molecule has 2 aromatic rings. The molecule has 0 spiro atoms. The number of H-pyrrole nitrogens is 1. The first kappa shape index (κ1) is 17.7. The van der Waals surface area contributed by atoms with Crippen molar-refractivity contribution in [3.63, 3.8) is 0 Å². The summed E-state index contributed by atoms with van der Waals surface area (Å²) in [5.41, 5.74) is 3.59. The number of ether oxygens (including phenoxy) is 1. The fraction of sp³-hybridized carbons (Fsp3) is 0.316. The SMILES string of the molecule is CCc1ccc(C(=O)OCC(=O)c2[nH]c(C)c(C(C)=O)c2C)cc1. The molecule has 0 saturated carbocycles. The molecule has 1 N–H and O–H groups in total. The zero-order valence-electron chi connectivity index (χ0n) is 14.4. The summed E-state index contributed by atoms with van der Waals surface area (Å²) < 4.78 is 5.09. The maximum atomic E-state index is 12.3. The van der Waals surface area contributed by atoms with Crippen LogP contribution >= 0.6 is 0 Å². The standard InChI is InChI=1S/C19H21NO4/c1-5-14-6-8-15(9-7-14)19(23)24-10-16(22)18-11(2)17(13(4)21)12(3)20-18/h6-9,20H,5,10H2,1-4H3. The van der Waals surface area contributed by atoms with Gasteiger partial charge in [-0.15, -0.1) is 0 Å². The Bertz CT molecular complexity index is 784. The number of hydrogen-bond donors (Lipinski definition) is 1. The number of aromatic amines is 1. The zero-order valence-corrected chi connectivity index (χ0v) is 14.4. The van der Waals surface area contributed by atoms with Crippen molar-refractivity contribution in [3.05, 3.63) is 57.9 Å². The Morgan fingerprint density at radius 2 is 1.71 bits per heavy atom. The summed E-state index contributed by atoms with van der Waals surface area (Å²) in [6, 6.07) is 7.08. The lowest BCUT2D eigenvalue weighted by atomic mass is 10.1. The summed E-state index contributed by atoms with van der Waals surface area (Å²) in [7, 11) is 0. The van der Waals surface area contributed by atoms with Gasteiger partial charge >= 0.3 is 5.97 Å². The molecule has 2 rings (SSSR count). The van der Waals surface area contributed by atoms with E-state index in [1.807, 2.05) is 19.1 Å². The molecule has 0 aliphatic rings. The number of ketones is 2. The molecule has 0 saturated heterocycles. The van der Waals surface area contributed by atoms with Crippen LogP contribution in [0, 0.1) is 13.8 Å². The minimum atomic E-state index is -0.543. The average molecular weight is 327 g/mol. The van der Waals surface area contributed by atoms with Gasteiger partial charge in [-0.1, -0.05) is 19.1 Å². The smallest absolute Gasteiger partial charge is 0.338 e. The molecule has 1 heterocycles. The maximum absolute atomic E-state index is 12.3. The predicted octanol–water partition coefficient (Wildman–Crippen LogP) is 3.44. The lowest BCUT2D eigenvalue weighted by Crippen LogP contribution is -2.15. The summed E-state index contributed by atoms with van der Waals surface area (Å²) in [5, 5.41) is 0. The first-order chi connectivity index (χ1) is 11.3. The fourth-order valence-corrected chi connectivity index (χ4v) is 2.72. The third-order valence-corrected chi connectivity index (χ3v) is 4.00. The topological polar surface area (TPSA) is 76.2 Å². The van der Waals surface area contributed by atoms with Crippen molar-refractivity contribution in [2.45, 2.75) is 34.1 Å². The van der Waals surface area contributed by atoms with Crippen molar-refractivity contribution in [3.8, 4) is 0 Å². The minimum absolute atomic E-state index is 0.103. The lowest BCUT2D eigenvalue weighted by molar-refractivity contribution is 0.0473. The summed E-state index contributed by atoms with van der Waals surface area (Å²) in [6.07, 6.45) is 0.887. The van der Waals surface area contributed by atoms with Gasteiger partial charge in [0.1, 0.15) is 0 Å². The molecule has 126 valence electrons. The van der Waals surface area contributed by atoms with E-state index in [4.69, 9.17) is 4.74 Å². The molecule has 1 aromatic heterocycles. The Kier molecular flexibility index (Phi) is 5.34. The highest BCUT2D eigenvalue weighted by Crippen LogP contribution is 2.19. The Hall–Kier alpha value is -2.69. The van der Waals surface area contributed by atoms with Crippen molar-refractivity contribution in [1.29, 1.82) is 0 Å². The van der Waals surface area contributed by atoms with Crippen molar-refractivity contribution >= 4 is 17.5 Å². The van der Waals surface area contributed by atoms with Crippen molar-refractivity contribution in [1.82, 2.24) is 4.98 Å². The molecule has 0 atom stereocenters. The van der Waals surface area contributed by atoms with Crippen LogP contribution in [0.25, 0.3) is 0 Å². The van der Waals surface area contributed by atoms with Crippen LogP contribution in [0.2, 0.25) is 0 Å². The molecule has 5 heteroatoms.